The number of sulfonamides is 1. The maximum absolute atomic E-state index is 13.9. The van der Waals surface area contributed by atoms with Crippen molar-refractivity contribution in [2.45, 2.75) is 57.0 Å². The molecule has 1 aliphatic carbocycles. The standard InChI is InChI=1S/C22H27FN2O3S/c1-4-15(2)16(3)25(18-12-13-18)22(26)17-8-7-9-19(14-17)29(27,28)24-21-11-6-5-10-20(21)23/h5-11,14-16,18,24H,4,12-13H2,1-3H3. The second-order valence-electron chi connectivity index (χ2n) is 7.68. The molecule has 2 aromatic rings. The molecule has 0 spiro atoms. The zero-order valence-electron chi connectivity index (χ0n) is 16.9. The molecule has 29 heavy (non-hydrogen) atoms. The number of carbonyl (C=O) groups is 1. The van der Waals surface area contributed by atoms with Gasteiger partial charge in [0.15, 0.2) is 0 Å². The molecule has 1 aliphatic rings. The molecular formula is C22H27FN2O3S. The number of halogens is 1. The second kappa shape index (κ2) is 8.53. The highest BCUT2D eigenvalue weighted by atomic mass is 32.2. The van der Waals surface area contributed by atoms with Gasteiger partial charge in [0, 0.05) is 17.6 Å². The van der Waals surface area contributed by atoms with E-state index in [1.165, 1.54) is 30.3 Å². The van der Waals surface area contributed by atoms with Crippen molar-refractivity contribution >= 4 is 21.6 Å². The zero-order valence-corrected chi connectivity index (χ0v) is 17.7. The molecule has 0 heterocycles. The van der Waals surface area contributed by atoms with Crippen molar-refractivity contribution in [2.75, 3.05) is 4.72 Å². The highest BCUT2D eigenvalue weighted by Crippen LogP contribution is 2.33. The Hall–Kier alpha value is -2.41. The summed E-state index contributed by atoms with van der Waals surface area (Å²) in [6.45, 7) is 6.26. The van der Waals surface area contributed by atoms with Crippen LogP contribution >= 0.6 is 0 Å². The number of nitrogens with one attached hydrogen (secondary N) is 1. The highest BCUT2D eigenvalue weighted by Gasteiger charge is 2.37. The largest absolute Gasteiger partial charge is 0.333 e. The lowest BCUT2D eigenvalue weighted by atomic mass is 9.98. The van der Waals surface area contributed by atoms with Gasteiger partial charge in [0.05, 0.1) is 10.6 Å². The van der Waals surface area contributed by atoms with Crippen LogP contribution < -0.4 is 4.72 Å². The van der Waals surface area contributed by atoms with Crippen LogP contribution in [0, 0.1) is 11.7 Å². The van der Waals surface area contributed by atoms with Crippen molar-refractivity contribution in [3.63, 3.8) is 0 Å². The van der Waals surface area contributed by atoms with Crippen LogP contribution in [0.25, 0.3) is 0 Å². The average Bonchev–Trinajstić information content (AvgIpc) is 3.54. The first-order valence-corrected chi connectivity index (χ1v) is 11.4. The van der Waals surface area contributed by atoms with E-state index in [4.69, 9.17) is 0 Å². The molecule has 1 saturated carbocycles. The Morgan fingerprint density at radius 3 is 2.48 bits per heavy atom. The van der Waals surface area contributed by atoms with E-state index in [0.29, 0.717) is 11.5 Å². The fraction of sp³-hybridized carbons (Fsp3) is 0.409. The van der Waals surface area contributed by atoms with Gasteiger partial charge in [-0.05, 0) is 56.0 Å². The molecule has 0 bridgehead atoms. The fourth-order valence-electron chi connectivity index (χ4n) is 3.34. The van der Waals surface area contributed by atoms with E-state index in [9.17, 15) is 17.6 Å². The summed E-state index contributed by atoms with van der Waals surface area (Å²) < 4.78 is 41.6. The van der Waals surface area contributed by atoms with Gasteiger partial charge in [-0.3, -0.25) is 9.52 Å². The van der Waals surface area contributed by atoms with Gasteiger partial charge >= 0.3 is 0 Å². The van der Waals surface area contributed by atoms with Gasteiger partial charge in [-0.25, -0.2) is 12.8 Å². The second-order valence-corrected chi connectivity index (χ2v) is 9.37. The van der Waals surface area contributed by atoms with Crippen LogP contribution in [0.15, 0.2) is 53.4 Å². The molecule has 0 saturated heterocycles. The average molecular weight is 419 g/mol. The lowest BCUT2D eigenvalue weighted by Crippen LogP contribution is -2.43. The molecular weight excluding hydrogens is 391 g/mol. The molecule has 1 fully saturated rings. The molecule has 1 amide bonds. The summed E-state index contributed by atoms with van der Waals surface area (Å²) in [5, 5.41) is 0. The van der Waals surface area contributed by atoms with Crippen LogP contribution in [-0.2, 0) is 10.0 Å². The molecule has 5 nitrogen and oxygen atoms in total. The Labute approximate surface area is 172 Å². The predicted octanol–water partition coefficient (Wildman–Crippen LogP) is 4.67. The minimum atomic E-state index is -4.02. The van der Waals surface area contributed by atoms with Crippen molar-refractivity contribution in [2.24, 2.45) is 5.92 Å². The maximum Gasteiger partial charge on any atom is 0.262 e. The Morgan fingerprint density at radius 2 is 1.86 bits per heavy atom. The Kier molecular flexibility index (Phi) is 6.27. The molecule has 0 radical (unpaired) electrons. The quantitative estimate of drug-likeness (QED) is 0.678. The van der Waals surface area contributed by atoms with Crippen LogP contribution in [0.3, 0.4) is 0 Å². The minimum Gasteiger partial charge on any atom is -0.333 e. The fourth-order valence-corrected chi connectivity index (χ4v) is 4.46. The van der Waals surface area contributed by atoms with Crippen molar-refractivity contribution in [3.05, 3.63) is 59.9 Å². The smallest absolute Gasteiger partial charge is 0.262 e. The van der Waals surface area contributed by atoms with Gasteiger partial charge in [0.25, 0.3) is 15.9 Å². The summed E-state index contributed by atoms with van der Waals surface area (Å²) in [5.41, 5.74) is 0.192. The van der Waals surface area contributed by atoms with E-state index in [1.54, 1.807) is 18.2 Å². The Bertz CT molecular complexity index is 989. The third-order valence-electron chi connectivity index (χ3n) is 5.59. The van der Waals surface area contributed by atoms with Crippen LogP contribution in [0.2, 0.25) is 0 Å². The SMILES string of the molecule is CCC(C)C(C)N(C(=O)c1cccc(S(=O)(=O)Nc2ccccc2F)c1)C1CC1. The van der Waals surface area contributed by atoms with Crippen LogP contribution in [0.5, 0.6) is 0 Å². The molecule has 2 unspecified atom stereocenters. The summed E-state index contributed by atoms with van der Waals surface area (Å²) >= 11 is 0. The molecule has 1 N–H and O–H groups in total. The van der Waals surface area contributed by atoms with Crippen LogP contribution in [0.1, 0.15) is 50.4 Å². The van der Waals surface area contributed by atoms with Gasteiger partial charge in [-0.1, -0.05) is 38.5 Å². The van der Waals surface area contributed by atoms with Crippen molar-refractivity contribution in [3.8, 4) is 0 Å². The first-order valence-electron chi connectivity index (χ1n) is 9.94. The van der Waals surface area contributed by atoms with E-state index in [2.05, 4.69) is 18.6 Å². The van der Waals surface area contributed by atoms with Gasteiger partial charge in [-0.15, -0.1) is 0 Å². The number of nitrogens with zero attached hydrogens (tertiary/aromatic N) is 1. The third kappa shape index (κ3) is 4.78. The predicted molar refractivity (Wildman–Crippen MR) is 112 cm³/mol. The summed E-state index contributed by atoms with van der Waals surface area (Å²) in [4.78, 5) is 15.1. The van der Waals surface area contributed by atoms with E-state index in [-0.39, 0.29) is 28.6 Å². The summed E-state index contributed by atoms with van der Waals surface area (Å²) in [7, 11) is -4.02. The highest BCUT2D eigenvalue weighted by molar-refractivity contribution is 7.92. The van der Waals surface area contributed by atoms with E-state index in [1.807, 2.05) is 11.8 Å². The number of carbonyl (C=O) groups excluding carboxylic acids is 1. The number of amides is 1. The first-order chi connectivity index (χ1) is 13.7. The summed E-state index contributed by atoms with van der Waals surface area (Å²) in [5.74, 6) is -0.483. The van der Waals surface area contributed by atoms with E-state index < -0.39 is 15.8 Å². The van der Waals surface area contributed by atoms with Gasteiger partial charge < -0.3 is 4.90 Å². The molecule has 7 heteroatoms. The zero-order chi connectivity index (χ0) is 21.2. The molecule has 0 aliphatic heterocycles. The maximum atomic E-state index is 13.9. The van der Waals surface area contributed by atoms with Crippen LogP contribution in [0.4, 0.5) is 10.1 Å². The Morgan fingerprint density at radius 1 is 1.17 bits per heavy atom. The van der Waals surface area contributed by atoms with Crippen LogP contribution in [-0.4, -0.2) is 31.3 Å². The van der Waals surface area contributed by atoms with E-state index >= 15 is 0 Å². The summed E-state index contributed by atoms with van der Waals surface area (Å²) in [6.07, 6.45) is 2.90. The van der Waals surface area contributed by atoms with Crippen molar-refractivity contribution in [1.29, 1.82) is 0 Å². The lowest BCUT2D eigenvalue weighted by molar-refractivity contribution is 0.0615. The first kappa shape index (κ1) is 21.3. The number of para-hydroxylation sites is 1. The number of rotatable bonds is 8. The van der Waals surface area contributed by atoms with Gasteiger partial charge in [0.1, 0.15) is 5.82 Å². The van der Waals surface area contributed by atoms with Crippen molar-refractivity contribution in [1.82, 2.24) is 4.90 Å². The lowest BCUT2D eigenvalue weighted by Gasteiger charge is -2.33. The molecule has 156 valence electrons. The monoisotopic (exact) mass is 418 g/mol. The van der Waals surface area contributed by atoms with E-state index in [0.717, 1.165) is 19.3 Å². The minimum absolute atomic E-state index is 0.0665. The third-order valence-corrected chi connectivity index (χ3v) is 6.95. The number of anilines is 1. The topological polar surface area (TPSA) is 66.5 Å². The number of hydrogen-bond donors (Lipinski definition) is 1. The molecule has 2 aromatic carbocycles. The molecule has 0 aromatic heterocycles. The molecule has 3 rings (SSSR count). The van der Waals surface area contributed by atoms with Gasteiger partial charge in [0.2, 0.25) is 0 Å². The number of hydrogen-bond acceptors (Lipinski definition) is 3. The van der Waals surface area contributed by atoms with Crippen molar-refractivity contribution < 1.29 is 17.6 Å². The molecule has 2 atom stereocenters. The normalized spacial score (nSPS) is 16.1. The Balaban J connectivity index is 1.88. The number of benzene rings is 2. The van der Waals surface area contributed by atoms with Gasteiger partial charge in [-0.2, -0.15) is 0 Å². The summed E-state index contributed by atoms with van der Waals surface area (Å²) in [6, 6.07) is 11.8.